The van der Waals surface area contributed by atoms with Gasteiger partial charge in [-0.05, 0) is 53.1 Å². The molecule has 0 radical (unpaired) electrons. The average molecular weight is 1230 g/mol. The van der Waals surface area contributed by atoms with E-state index in [1.165, 1.54) is 12.3 Å². The first-order chi connectivity index (χ1) is 38.0. The second kappa shape index (κ2) is 75.9. The summed E-state index contributed by atoms with van der Waals surface area (Å²) in [4.78, 5) is 104. The van der Waals surface area contributed by atoms with E-state index in [2.05, 4.69) is 65.7 Å². The van der Waals surface area contributed by atoms with Crippen LogP contribution in [0.25, 0.3) is 0 Å². The van der Waals surface area contributed by atoms with Gasteiger partial charge in [-0.15, -0.1) is 66.8 Å². The van der Waals surface area contributed by atoms with Crippen LogP contribution < -0.4 is 146 Å². The third kappa shape index (κ3) is 109. The Balaban J connectivity index is -0.0000000737. The van der Waals surface area contributed by atoms with Crippen molar-refractivity contribution in [2.45, 2.75) is 95.4 Å². The molecule has 37 heteroatoms. The molecule has 0 aliphatic rings. The van der Waals surface area contributed by atoms with E-state index >= 15 is 0 Å². The molecule has 0 saturated carbocycles. The van der Waals surface area contributed by atoms with Crippen LogP contribution in [0.2, 0.25) is 19.6 Å². The van der Waals surface area contributed by atoms with Crippen LogP contribution in [-0.2, 0) is 57.2 Å². The molecule has 0 fully saturated rings. The van der Waals surface area contributed by atoms with E-state index in [1.54, 1.807) is 51.3 Å². The number of carboxylic acid groups (broad SMARTS) is 1. The van der Waals surface area contributed by atoms with Crippen molar-refractivity contribution >= 4 is 119 Å². The predicted molar refractivity (Wildman–Crippen MR) is 255 cm³/mol. The summed E-state index contributed by atoms with van der Waals surface area (Å²) >= 11 is 23.7. The second-order valence-electron chi connectivity index (χ2n) is 9.75. The number of rotatable bonds is 9. The Morgan fingerprint density at radius 1 is 0.639 bits per heavy atom. The number of nitrogens with zero attached hydrogens (tertiary/aromatic N) is 4. The molecule has 0 atom stereocenters. The van der Waals surface area contributed by atoms with Crippen LogP contribution >= 0.6 is 58.0 Å². The fourth-order valence-electron chi connectivity index (χ4n) is 1.69. The Kier molecular flexibility index (Phi) is 66.4. The molecule has 29 nitrogen and oxygen atoms in total. The molecule has 2 aromatic heterocycles. The number of esters is 4. The van der Waals surface area contributed by atoms with Gasteiger partial charge in [0.1, 0.15) is 5.97 Å². The van der Waals surface area contributed by atoms with Crippen LogP contribution in [0.3, 0.4) is 0 Å². The molecular formula is C35H69Cl5K2N10O19Si. The zero-order chi connectivity index (χ0) is 69.1. The molecule has 0 saturated heterocycles. The average Bonchev–Trinajstić information content (AvgIpc) is 4.08. The molecular weight excluding hydrogens is 1150 g/mol. The minimum absolute atomic E-state index is 0. The number of hydrogen-bond donors (Lipinski definition) is 6. The summed E-state index contributed by atoms with van der Waals surface area (Å²) in [6.07, 6.45) is 0. The summed E-state index contributed by atoms with van der Waals surface area (Å²) in [5.74, 6) is 0.322. The number of aromatic nitrogens is 4. The Bertz CT molecular complexity index is 2130. The maximum Gasteiger partial charge on any atom is 1.00 e. The molecule has 0 spiro atoms. The summed E-state index contributed by atoms with van der Waals surface area (Å²) in [6.45, 7) is 4.49. The molecule has 2 aromatic rings. The Hall–Kier alpha value is -1.59. The van der Waals surface area contributed by atoms with Crippen molar-refractivity contribution in [2.75, 3.05) is 50.3 Å². The number of aryl methyl sites for hydroxylation is 2. The number of hydrogen-bond acceptors (Lipinski definition) is 25. The van der Waals surface area contributed by atoms with Gasteiger partial charge in [0.15, 0.2) is 0 Å². The molecule has 3 amide bonds. The molecule has 72 heavy (non-hydrogen) atoms. The van der Waals surface area contributed by atoms with E-state index in [1.807, 2.05) is 13.8 Å². The first-order valence-corrected chi connectivity index (χ1v) is 23.7. The number of nitrogens with one attached hydrogen (secondary N) is 3. The molecule has 414 valence electrons. The van der Waals surface area contributed by atoms with Crippen molar-refractivity contribution in [1.82, 2.24) is 36.7 Å². The Morgan fingerprint density at radius 3 is 1.24 bits per heavy atom. The second-order valence-corrected chi connectivity index (χ2v) is 15.9. The first kappa shape index (κ1) is 62.9. The quantitative estimate of drug-likeness (QED) is 0.0157. The summed E-state index contributed by atoms with van der Waals surface area (Å²) in [7, 11) is -1.86. The van der Waals surface area contributed by atoms with Crippen LogP contribution in [-0.4, -0.2) is 137 Å². The Labute approximate surface area is 551 Å². The molecule has 0 unspecified atom stereocenters. The predicted octanol–water partition coefficient (Wildman–Crippen LogP) is -6.04. The van der Waals surface area contributed by atoms with Gasteiger partial charge in [0.2, 0.25) is 23.6 Å². The normalized spacial score (nSPS) is 12.1. The van der Waals surface area contributed by atoms with E-state index < -0.39 is 119 Å². The van der Waals surface area contributed by atoms with Gasteiger partial charge >= 0.3 is 144 Å². The van der Waals surface area contributed by atoms with E-state index in [0.717, 1.165) is 13.2 Å². The number of hydrazine groups is 3. The van der Waals surface area contributed by atoms with Crippen molar-refractivity contribution in [3.63, 3.8) is 0 Å². The van der Waals surface area contributed by atoms with Crippen LogP contribution in [0.1, 0.15) is 116 Å². The van der Waals surface area contributed by atoms with Gasteiger partial charge in [-0.1, -0.05) is 28.0 Å². The third-order valence-electron chi connectivity index (χ3n) is 3.48. The van der Waals surface area contributed by atoms with Gasteiger partial charge in [-0.2, -0.15) is 0 Å². The summed E-state index contributed by atoms with van der Waals surface area (Å²) in [5, 5.41) is 21.8. The molecule has 2 rings (SSSR count). The van der Waals surface area contributed by atoms with Crippen molar-refractivity contribution in [2.24, 2.45) is 17.5 Å². The van der Waals surface area contributed by atoms with Gasteiger partial charge in [0.05, 0.1) is 37.1 Å². The van der Waals surface area contributed by atoms with E-state index in [0.29, 0.717) is 0 Å². The van der Waals surface area contributed by atoms with Gasteiger partial charge in [-0.3, -0.25) is 51.9 Å². The van der Waals surface area contributed by atoms with E-state index in [9.17, 15) is 53.1 Å². The van der Waals surface area contributed by atoms with Crippen molar-refractivity contribution in [3.8, 4) is 0 Å². The molecule has 0 bridgehead atoms. The summed E-state index contributed by atoms with van der Waals surface area (Å²) in [5.41, 5.74) is 4.66. The maximum absolute atomic E-state index is 11.0. The van der Waals surface area contributed by atoms with Crippen LogP contribution in [0.15, 0.2) is 8.83 Å². The third-order valence-corrected chi connectivity index (χ3v) is 3.63. The number of carbonyl (C=O) groups excluding carboxylic acids is 9. The number of alkyl halides is 4. The minimum atomic E-state index is -2.89. The van der Waals surface area contributed by atoms with Gasteiger partial charge < -0.3 is 52.7 Å². The van der Waals surface area contributed by atoms with Crippen LogP contribution in [0.4, 0.5) is 0 Å². The largest absolute Gasteiger partial charge is 1.00 e. The van der Waals surface area contributed by atoms with Crippen LogP contribution in [0, 0.1) is 13.7 Å². The topological polar surface area (TPSA) is 469 Å². The van der Waals surface area contributed by atoms with Crippen molar-refractivity contribution in [3.05, 3.63) is 23.6 Å². The number of carboxylic acids is 1. The monoisotopic (exact) mass is 1230 g/mol. The van der Waals surface area contributed by atoms with Crippen LogP contribution in [0.5, 0.6) is 0 Å². The summed E-state index contributed by atoms with van der Waals surface area (Å²) < 4.78 is 130. The number of aromatic carboxylic acids is 1. The number of carbonyl (C=O) groups is 9. The van der Waals surface area contributed by atoms with Crippen molar-refractivity contribution < 1.29 is 214 Å². The molecule has 0 aromatic carbocycles. The van der Waals surface area contributed by atoms with Gasteiger partial charge in [0.25, 0.3) is 5.89 Å². The molecule has 0 aliphatic heterocycles. The molecule has 11 N–H and O–H groups in total. The fraction of sp³-hybridized carbons (Fsp3) is 0.629. The van der Waals surface area contributed by atoms with Crippen molar-refractivity contribution in [1.29, 1.82) is 0 Å². The molecule has 0 aliphatic carbocycles. The smallest absolute Gasteiger partial charge is 0.859 e. The summed E-state index contributed by atoms with van der Waals surface area (Å²) in [6, 6.07) is 0. The zero-order valence-corrected chi connectivity index (χ0v) is 51.9. The maximum atomic E-state index is 11.0. The number of nitrogens with two attached hydrogens (primary N) is 3. The number of halogens is 5. The van der Waals surface area contributed by atoms with Gasteiger partial charge in [-0.25, -0.2) is 20.2 Å². The van der Waals surface area contributed by atoms with E-state index in [4.69, 9.17) is 83.3 Å². The number of amides is 3. The minimum Gasteiger partial charge on any atom is -0.859 e. The first-order valence-electron chi connectivity index (χ1n) is 25.3. The Morgan fingerprint density at radius 2 is 1.01 bits per heavy atom. The zero-order valence-electron chi connectivity index (χ0n) is 55.9. The molecule has 2 heterocycles. The SMILES string of the molecule is CCOC(=O)C(=O)Cl.CCOCC.C[Si](C)(C)[O-].ClCCl.ClCCl.NN.O.[2H]C([2H])([2H])C(=O)NN.[2H]C([2H])([2H])C(=O)NNC(=O)C(=O)OCC.[2H]C([2H])([2H])C(=O)OCC.[2H]C([2H])([2H])c1nnc(C(=O)OCC)o1.[2H]C([2H])([2H])c1nnc(C(=O)[O-])o1.[K+].[K+]. The van der Waals surface area contributed by atoms with E-state index in [-0.39, 0.29) is 145 Å². The fourth-order valence-corrected chi connectivity index (χ4v) is 1.74. The standard InChI is InChI=1S/C6H10N2O4.C6H8N2O3.C4H5ClO3.C4H4N2O3.C4H8O2.C4H10O.C3H9OSi.C2H6N2O.2CH2Cl2.2K.H4N2.H2O/c1-3-12-6(11)5(10)8-7-4(2)9;1-3-10-6(9)5-8-7-4(2)11-5;1-2-8-4(7)3(5)6;1-2-5-6-3(9-2)4(7)8;1-3-6-4(2)5;1-3-5-4-2;1-5(2,3)4;1-2(5)4-3;2*2-1-3;;;1-2;/h3H2,1-2H3,(H,7,9)(H,8,10);3H2,1-2H3;2H2,1H3;1H3,(H,7,8);3H2,1-2H3;3-4H2,1-2H3;1-3H3;3H2,1H3,(H,4,5);2*1H2;;;1-2H2;1H2/q;;;;;;-1;;;;2*+1;;/p-1/i2*2D3;;1D3;2D3;;;1D3;;;;;;. The van der Waals surface area contributed by atoms with Gasteiger partial charge in [0, 0.05) is 68.0 Å². The number of ether oxygens (including phenoxy) is 5.